The minimum atomic E-state index is -0.365. The zero-order valence-electron chi connectivity index (χ0n) is 11.4. The lowest BCUT2D eigenvalue weighted by atomic mass is 10.2. The Hall–Kier alpha value is -1.17. The summed E-state index contributed by atoms with van der Waals surface area (Å²) in [5.41, 5.74) is 0.496. The molecule has 1 aliphatic heterocycles. The van der Waals surface area contributed by atoms with Crippen molar-refractivity contribution in [3.05, 3.63) is 34.6 Å². The van der Waals surface area contributed by atoms with Gasteiger partial charge in [0.2, 0.25) is 5.91 Å². The Balaban J connectivity index is 1.87. The van der Waals surface area contributed by atoms with E-state index in [0.29, 0.717) is 43.4 Å². The molecule has 1 aromatic rings. The maximum Gasteiger partial charge on any atom is 0.239 e. The van der Waals surface area contributed by atoms with Crippen molar-refractivity contribution in [1.82, 2.24) is 10.2 Å². The minimum absolute atomic E-state index is 0.0164. The van der Waals surface area contributed by atoms with Crippen molar-refractivity contribution < 1.29 is 13.9 Å². The molecule has 1 unspecified atom stereocenters. The lowest BCUT2D eigenvalue weighted by Gasteiger charge is -2.29. The molecule has 6 heteroatoms. The Morgan fingerprint density at radius 3 is 2.85 bits per heavy atom. The van der Waals surface area contributed by atoms with Crippen LogP contribution < -0.4 is 5.32 Å². The number of hydrogen-bond acceptors (Lipinski definition) is 3. The highest BCUT2D eigenvalue weighted by atomic mass is 35.5. The van der Waals surface area contributed by atoms with Gasteiger partial charge in [0.05, 0.1) is 19.3 Å². The second-order valence-electron chi connectivity index (χ2n) is 4.78. The smallest absolute Gasteiger partial charge is 0.239 e. The Kier molecular flexibility index (Phi) is 5.34. The number of hydrogen-bond donors (Lipinski definition) is 1. The van der Waals surface area contributed by atoms with Gasteiger partial charge in [-0.25, -0.2) is 4.39 Å². The highest BCUT2D eigenvalue weighted by Gasteiger charge is 2.22. The van der Waals surface area contributed by atoms with Crippen LogP contribution in [-0.4, -0.2) is 43.2 Å². The van der Waals surface area contributed by atoms with Gasteiger partial charge in [-0.1, -0.05) is 17.7 Å². The zero-order valence-corrected chi connectivity index (χ0v) is 12.1. The van der Waals surface area contributed by atoms with Gasteiger partial charge >= 0.3 is 0 Å². The number of halogens is 2. The predicted octanol–water partition coefficient (Wildman–Crippen LogP) is 1.82. The molecule has 1 heterocycles. The fourth-order valence-electron chi connectivity index (χ4n) is 2.07. The van der Waals surface area contributed by atoms with Crippen molar-refractivity contribution in [2.75, 3.05) is 26.3 Å². The Morgan fingerprint density at radius 2 is 2.20 bits per heavy atom. The average Bonchev–Trinajstić information content (AvgIpc) is 2.46. The summed E-state index contributed by atoms with van der Waals surface area (Å²) >= 11 is 5.70. The first-order valence-corrected chi connectivity index (χ1v) is 6.99. The molecule has 1 fully saturated rings. The molecular weight excluding hydrogens is 283 g/mol. The lowest BCUT2D eigenvalue weighted by molar-refractivity contribution is -0.137. The Labute approximate surface area is 122 Å². The van der Waals surface area contributed by atoms with Gasteiger partial charge in [0.1, 0.15) is 5.82 Å². The van der Waals surface area contributed by atoms with Crippen LogP contribution in [0.15, 0.2) is 18.2 Å². The first kappa shape index (κ1) is 15.2. The molecule has 0 bridgehead atoms. The third kappa shape index (κ3) is 3.91. The fraction of sp³-hybridized carbons (Fsp3) is 0.500. The van der Waals surface area contributed by atoms with Crippen molar-refractivity contribution in [3.8, 4) is 0 Å². The molecule has 0 radical (unpaired) electrons. The predicted molar refractivity (Wildman–Crippen MR) is 75.1 cm³/mol. The summed E-state index contributed by atoms with van der Waals surface area (Å²) in [5, 5.41) is 3.41. The van der Waals surface area contributed by atoms with Crippen LogP contribution in [0, 0.1) is 5.82 Å². The van der Waals surface area contributed by atoms with E-state index in [1.807, 2.05) is 0 Å². The number of ether oxygens (including phenoxy) is 1. The zero-order chi connectivity index (χ0) is 14.5. The first-order valence-electron chi connectivity index (χ1n) is 6.62. The maximum absolute atomic E-state index is 13.6. The molecule has 1 aromatic carbocycles. The molecule has 1 aliphatic rings. The molecule has 0 saturated carbocycles. The largest absolute Gasteiger partial charge is 0.378 e. The van der Waals surface area contributed by atoms with E-state index in [1.165, 1.54) is 6.07 Å². The van der Waals surface area contributed by atoms with Crippen LogP contribution in [0.25, 0.3) is 0 Å². The second kappa shape index (κ2) is 7.02. The molecule has 1 N–H and O–H groups in total. The van der Waals surface area contributed by atoms with E-state index in [4.69, 9.17) is 16.3 Å². The summed E-state index contributed by atoms with van der Waals surface area (Å²) < 4.78 is 18.8. The normalized spacial score (nSPS) is 17.1. The number of carbonyl (C=O) groups excluding carboxylic acids is 1. The summed E-state index contributed by atoms with van der Waals surface area (Å²) in [6.45, 7) is 4.45. The third-order valence-corrected chi connectivity index (χ3v) is 3.54. The van der Waals surface area contributed by atoms with Crippen molar-refractivity contribution in [3.63, 3.8) is 0 Å². The van der Waals surface area contributed by atoms with Gasteiger partial charge in [0, 0.05) is 30.2 Å². The van der Waals surface area contributed by atoms with E-state index >= 15 is 0 Å². The summed E-state index contributed by atoms with van der Waals surface area (Å²) in [4.78, 5) is 13.9. The Bertz CT molecular complexity index is 478. The van der Waals surface area contributed by atoms with E-state index in [9.17, 15) is 9.18 Å². The van der Waals surface area contributed by atoms with Crippen LogP contribution in [0.3, 0.4) is 0 Å². The van der Waals surface area contributed by atoms with Crippen LogP contribution >= 0.6 is 11.6 Å². The molecular formula is C14H18ClFN2O2. The van der Waals surface area contributed by atoms with Crippen LogP contribution in [-0.2, 0) is 16.1 Å². The number of carbonyl (C=O) groups is 1. The fourth-order valence-corrected chi connectivity index (χ4v) is 2.23. The van der Waals surface area contributed by atoms with E-state index in [2.05, 4.69) is 5.32 Å². The van der Waals surface area contributed by atoms with Crippen molar-refractivity contribution in [1.29, 1.82) is 0 Å². The van der Waals surface area contributed by atoms with Gasteiger partial charge in [0.15, 0.2) is 0 Å². The molecule has 4 nitrogen and oxygen atoms in total. The number of benzene rings is 1. The SMILES string of the molecule is CC(NCc1ccc(Cl)cc1F)C(=O)N1CCOCC1. The summed E-state index contributed by atoms with van der Waals surface area (Å²) in [6.07, 6.45) is 0. The van der Waals surface area contributed by atoms with Gasteiger partial charge < -0.3 is 15.0 Å². The maximum atomic E-state index is 13.6. The van der Waals surface area contributed by atoms with Crippen LogP contribution in [0.4, 0.5) is 4.39 Å². The molecule has 1 atom stereocenters. The van der Waals surface area contributed by atoms with Gasteiger partial charge in [0.25, 0.3) is 0 Å². The van der Waals surface area contributed by atoms with E-state index < -0.39 is 0 Å². The average molecular weight is 301 g/mol. The molecule has 1 saturated heterocycles. The first-order chi connectivity index (χ1) is 9.58. The molecule has 20 heavy (non-hydrogen) atoms. The highest BCUT2D eigenvalue weighted by molar-refractivity contribution is 6.30. The molecule has 0 aliphatic carbocycles. The summed E-state index contributed by atoms with van der Waals surface area (Å²) in [6, 6.07) is 4.17. The second-order valence-corrected chi connectivity index (χ2v) is 5.21. The summed E-state index contributed by atoms with van der Waals surface area (Å²) in [7, 11) is 0. The molecule has 1 amide bonds. The number of morpholine rings is 1. The van der Waals surface area contributed by atoms with Gasteiger partial charge in [-0.05, 0) is 19.1 Å². The minimum Gasteiger partial charge on any atom is -0.378 e. The van der Waals surface area contributed by atoms with Gasteiger partial charge in [-0.2, -0.15) is 0 Å². The van der Waals surface area contributed by atoms with Crippen LogP contribution in [0.2, 0.25) is 5.02 Å². The standard InChI is InChI=1S/C14H18ClFN2O2/c1-10(14(19)18-4-6-20-7-5-18)17-9-11-2-3-12(15)8-13(11)16/h2-3,8,10,17H,4-7,9H2,1H3. The number of amides is 1. The quantitative estimate of drug-likeness (QED) is 0.922. The van der Waals surface area contributed by atoms with Gasteiger partial charge in [-0.3, -0.25) is 4.79 Å². The Morgan fingerprint density at radius 1 is 1.50 bits per heavy atom. The lowest BCUT2D eigenvalue weighted by Crippen LogP contribution is -2.49. The number of nitrogens with one attached hydrogen (secondary N) is 1. The van der Waals surface area contributed by atoms with E-state index in [1.54, 1.807) is 24.0 Å². The molecule has 0 spiro atoms. The van der Waals surface area contributed by atoms with Crippen LogP contribution in [0.1, 0.15) is 12.5 Å². The van der Waals surface area contributed by atoms with E-state index in [0.717, 1.165) is 0 Å². The van der Waals surface area contributed by atoms with E-state index in [-0.39, 0.29) is 17.8 Å². The monoisotopic (exact) mass is 300 g/mol. The molecule has 2 rings (SSSR count). The summed E-state index contributed by atoms with van der Waals surface area (Å²) in [5.74, 6) is -0.348. The molecule has 0 aromatic heterocycles. The third-order valence-electron chi connectivity index (χ3n) is 3.31. The van der Waals surface area contributed by atoms with Crippen molar-refractivity contribution in [2.24, 2.45) is 0 Å². The van der Waals surface area contributed by atoms with Crippen molar-refractivity contribution >= 4 is 17.5 Å². The number of nitrogens with zero attached hydrogens (tertiary/aromatic N) is 1. The highest BCUT2D eigenvalue weighted by Crippen LogP contribution is 2.14. The van der Waals surface area contributed by atoms with Crippen LogP contribution in [0.5, 0.6) is 0 Å². The molecule has 110 valence electrons. The van der Waals surface area contributed by atoms with Crippen molar-refractivity contribution in [2.45, 2.75) is 19.5 Å². The van der Waals surface area contributed by atoms with Gasteiger partial charge in [-0.15, -0.1) is 0 Å². The number of rotatable bonds is 4. The topological polar surface area (TPSA) is 41.6 Å².